The molecule has 0 aliphatic heterocycles. The van der Waals surface area contributed by atoms with Crippen molar-refractivity contribution in [2.45, 2.75) is 19.9 Å². The molecule has 0 amide bonds. The summed E-state index contributed by atoms with van der Waals surface area (Å²) in [7, 11) is 6.01. The van der Waals surface area contributed by atoms with Crippen LogP contribution in [-0.2, 0) is 0 Å². The van der Waals surface area contributed by atoms with Crippen LogP contribution in [0.4, 0.5) is 0 Å². The summed E-state index contributed by atoms with van der Waals surface area (Å²) in [5, 5.41) is 3.12. The van der Waals surface area contributed by atoms with Crippen molar-refractivity contribution in [2.75, 3.05) is 34.2 Å². The molecule has 1 unspecified atom stereocenters. The van der Waals surface area contributed by atoms with Gasteiger partial charge in [0.05, 0.1) is 0 Å². The molecule has 11 heavy (non-hydrogen) atoms. The molecule has 0 heterocycles. The van der Waals surface area contributed by atoms with Crippen molar-refractivity contribution in [3.05, 3.63) is 0 Å². The minimum atomic E-state index is 0.431. The zero-order valence-electron chi connectivity index (χ0n) is 8.52. The monoisotopic (exact) mass is 161 g/mol. The molecule has 0 aromatic carbocycles. The Morgan fingerprint density at radius 3 is 1.91 bits per heavy atom. The van der Waals surface area contributed by atoms with Gasteiger partial charge < -0.3 is 16.0 Å². The van der Waals surface area contributed by atoms with Gasteiger partial charge >= 0.3 is 0 Å². The maximum atomic E-state index is 5.44. The van der Waals surface area contributed by atoms with Gasteiger partial charge in [0.15, 0.2) is 0 Å². The van der Waals surface area contributed by atoms with Crippen molar-refractivity contribution >= 4 is 0 Å². The highest BCUT2D eigenvalue weighted by Gasteiger charge is 2.02. The quantitative estimate of drug-likeness (QED) is 0.615. The Kier molecular flexibility index (Phi) is 12.1. The standard InChI is InChI=1S/C6H17N3.C2H6/c1-8-6(4-7)5-9(2)3;1-2/h6,8H,4-5,7H2,1-3H3;1-2H3. The Labute approximate surface area is 70.9 Å². The van der Waals surface area contributed by atoms with Gasteiger partial charge in [-0.15, -0.1) is 0 Å². The lowest BCUT2D eigenvalue weighted by molar-refractivity contribution is 0.351. The van der Waals surface area contributed by atoms with Crippen molar-refractivity contribution in [2.24, 2.45) is 5.73 Å². The number of hydrogen-bond acceptors (Lipinski definition) is 3. The van der Waals surface area contributed by atoms with E-state index in [1.165, 1.54) is 0 Å². The minimum absolute atomic E-state index is 0.431. The molecule has 0 fully saturated rings. The van der Waals surface area contributed by atoms with Gasteiger partial charge in [0, 0.05) is 19.1 Å². The lowest BCUT2D eigenvalue weighted by Crippen LogP contribution is -2.41. The van der Waals surface area contributed by atoms with Crippen LogP contribution >= 0.6 is 0 Å². The molecule has 0 saturated heterocycles. The summed E-state index contributed by atoms with van der Waals surface area (Å²) in [6.07, 6.45) is 0. The second-order valence-corrected chi connectivity index (χ2v) is 2.48. The van der Waals surface area contributed by atoms with E-state index in [1.54, 1.807) is 0 Å². The van der Waals surface area contributed by atoms with Crippen LogP contribution in [0.5, 0.6) is 0 Å². The van der Waals surface area contributed by atoms with Crippen molar-refractivity contribution in [3.8, 4) is 0 Å². The fraction of sp³-hybridized carbons (Fsp3) is 1.00. The third kappa shape index (κ3) is 9.88. The molecule has 0 spiro atoms. The maximum Gasteiger partial charge on any atom is 0.0315 e. The lowest BCUT2D eigenvalue weighted by Gasteiger charge is -2.18. The maximum absolute atomic E-state index is 5.44. The molecule has 3 heteroatoms. The van der Waals surface area contributed by atoms with E-state index in [1.807, 2.05) is 35.0 Å². The predicted octanol–water partition coefficient (Wildman–Crippen LogP) is 0.121. The zero-order valence-corrected chi connectivity index (χ0v) is 8.52. The molecule has 0 saturated carbocycles. The largest absolute Gasteiger partial charge is 0.329 e. The Morgan fingerprint density at radius 1 is 1.36 bits per heavy atom. The molecule has 0 aromatic rings. The smallest absolute Gasteiger partial charge is 0.0315 e. The predicted molar refractivity (Wildman–Crippen MR) is 51.8 cm³/mol. The Morgan fingerprint density at radius 2 is 1.82 bits per heavy atom. The summed E-state index contributed by atoms with van der Waals surface area (Å²) < 4.78 is 0. The van der Waals surface area contributed by atoms with Gasteiger partial charge in [-0.1, -0.05) is 13.8 Å². The van der Waals surface area contributed by atoms with E-state index in [-0.39, 0.29) is 0 Å². The fourth-order valence-corrected chi connectivity index (χ4v) is 0.724. The topological polar surface area (TPSA) is 41.3 Å². The molecule has 3 N–H and O–H groups in total. The number of hydrogen-bond donors (Lipinski definition) is 2. The molecule has 3 nitrogen and oxygen atoms in total. The first-order valence-electron chi connectivity index (χ1n) is 4.22. The van der Waals surface area contributed by atoms with E-state index >= 15 is 0 Å². The highest BCUT2D eigenvalue weighted by atomic mass is 15.1. The Balaban J connectivity index is 0. The van der Waals surface area contributed by atoms with Gasteiger partial charge in [-0.3, -0.25) is 0 Å². The van der Waals surface area contributed by atoms with Gasteiger partial charge in [-0.2, -0.15) is 0 Å². The zero-order chi connectivity index (χ0) is 9.28. The van der Waals surface area contributed by atoms with Gasteiger partial charge in [0.1, 0.15) is 0 Å². The van der Waals surface area contributed by atoms with Crippen molar-refractivity contribution < 1.29 is 0 Å². The average molecular weight is 161 g/mol. The Bertz CT molecular complexity index is 60.4. The lowest BCUT2D eigenvalue weighted by atomic mass is 10.3. The fourth-order valence-electron chi connectivity index (χ4n) is 0.724. The molecule has 70 valence electrons. The van der Waals surface area contributed by atoms with Crippen molar-refractivity contribution in [1.29, 1.82) is 0 Å². The summed E-state index contributed by atoms with van der Waals surface area (Å²) in [6.45, 7) is 5.71. The van der Waals surface area contributed by atoms with E-state index in [0.29, 0.717) is 12.6 Å². The van der Waals surface area contributed by atoms with Crippen LogP contribution in [0.2, 0.25) is 0 Å². The molecule has 1 atom stereocenters. The summed E-state index contributed by atoms with van der Waals surface area (Å²) in [5.74, 6) is 0. The number of nitrogens with two attached hydrogens (primary N) is 1. The summed E-state index contributed by atoms with van der Waals surface area (Å²) in [4.78, 5) is 2.12. The van der Waals surface area contributed by atoms with Crippen molar-refractivity contribution in [1.82, 2.24) is 10.2 Å². The van der Waals surface area contributed by atoms with E-state index in [2.05, 4.69) is 10.2 Å². The molecular formula is C8H23N3. The molecule has 0 aliphatic carbocycles. The molecule has 0 bridgehead atoms. The SMILES string of the molecule is CC.CNC(CN)CN(C)C. The van der Waals surface area contributed by atoms with E-state index in [0.717, 1.165) is 6.54 Å². The number of rotatable bonds is 4. The summed E-state index contributed by atoms with van der Waals surface area (Å²) in [5.41, 5.74) is 5.44. The van der Waals surface area contributed by atoms with Crippen LogP contribution in [0.1, 0.15) is 13.8 Å². The summed E-state index contributed by atoms with van der Waals surface area (Å²) in [6, 6.07) is 0.431. The third-order valence-electron chi connectivity index (χ3n) is 1.28. The first kappa shape index (κ1) is 13.5. The van der Waals surface area contributed by atoms with E-state index in [4.69, 9.17) is 5.73 Å². The van der Waals surface area contributed by atoms with Gasteiger partial charge in [-0.05, 0) is 21.1 Å². The number of nitrogens with one attached hydrogen (secondary N) is 1. The average Bonchev–Trinajstić information content (AvgIpc) is 2.03. The van der Waals surface area contributed by atoms with Crippen LogP contribution in [-0.4, -0.2) is 45.2 Å². The second kappa shape index (κ2) is 9.88. The second-order valence-electron chi connectivity index (χ2n) is 2.48. The van der Waals surface area contributed by atoms with Crippen LogP contribution < -0.4 is 11.1 Å². The molecule has 0 radical (unpaired) electrons. The van der Waals surface area contributed by atoms with Gasteiger partial charge in [0.25, 0.3) is 0 Å². The van der Waals surface area contributed by atoms with Crippen LogP contribution in [0, 0.1) is 0 Å². The number of likely N-dealkylation sites (N-methyl/N-ethyl adjacent to an activating group) is 2. The van der Waals surface area contributed by atoms with Crippen molar-refractivity contribution in [3.63, 3.8) is 0 Å². The minimum Gasteiger partial charge on any atom is -0.329 e. The van der Waals surface area contributed by atoms with Crippen LogP contribution in [0.15, 0.2) is 0 Å². The normalized spacial score (nSPS) is 12.3. The highest BCUT2D eigenvalue weighted by molar-refractivity contribution is 4.66. The molecule has 0 aliphatic rings. The highest BCUT2D eigenvalue weighted by Crippen LogP contribution is 1.80. The molecule has 0 rings (SSSR count). The van der Waals surface area contributed by atoms with Crippen LogP contribution in [0.3, 0.4) is 0 Å². The van der Waals surface area contributed by atoms with Gasteiger partial charge in [-0.25, -0.2) is 0 Å². The van der Waals surface area contributed by atoms with E-state index < -0.39 is 0 Å². The van der Waals surface area contributed by atoms with Gasteiger partial charge in [0.2, 0.25) is 0 Å². The van der Waals surface area contributed by atoms with Crippen LogP contribution in [0.25, 0.3) is 0 Å². The third-order valence-corrected chi connectivity index (χ3v) is 1.28. The Hall–Kier alpha value is -0.120. The van der Waals surface area contributed by atoms with E-state index in [9.17, 15) is 0 Å². The molecular weight excluding hydrogens is 138 g/mol. The first-order chi connectivity index (χ1) is 5.20. The summed E-state index contributed by atoms with van der Waals surface area (Å²) >= 11 is 0. The number of nitrogens with zero attached hydrogens (tertiary/aromatic N) is 1. The first-order valence-corrected chi connectivity index (χ1v) is 4.22. The molecule has 0 aromatic heterocycles.